The summed E-state index contributed by atoms with van der Waals surface area (Å²) in [6.07, 6.45) is 1.74. The topological polar surface area (TPSA) is 84.7 Å². The molecule has 0 bridgehead atoms. The Hall–Kier alpha value is -2.44. The average Bonchev–Trinajstić information content (AvgIpc) is 2.75. The monoisotopic (exact) mass is 232 g/mol. The maximum absolute atomic E-state index is 11.7. The molecule has 0 fully saturated rings. The number of aromatic nitrogens is 4. The van der Waals surface area contributed by atoms with Crippen LogP contribution in [0.3, 0.4) is 0 Å². The normalized spacial score (nSPS) is 10.0. The largest absolute Gasteiger partial charge is 0.372 e. The van der Waals surface area contributed by atoms with Crippen LogP contribution in [0.4, 0.5) is 11.6 Å². The van der Waals surface area contributed by atoms with Gasteiger partial charge in [-0.1, -0.05) is 0 Å². The van der Waals surface area contributed by atoms with E-state index in [1.54, 1.807) is 43.2 Å². The van der Waals surface area contributed by atoms with E-state index in [1.165, 1.54) is 0 Å². The number of nitrogens with one attached hydrogen (secondary N) is 2. The molecule has 2 N–H and O–H groups in total. The van der Waals surface area contributed by atoms with Crippen LogP contribution in [0.2, 0.25) is 0 Å². The number of anilines is 2. The Kier molecular flexibility index (Phi) is 2.99. The molecule has 7 heteroatoms. The van der Waals surface area contributed by atoms with Gasteiger partial charge in [0.15, 0.2) is 11.5 Å². The number of hydrogen-bond acceptors (Lipinski definition) is 5. The van der Waals surface area contributed by atoms with Crippen molar-refractivity contribution in [2.24, 2.45) is 7.05 Å². The first-order valence-corrected chi connectivity index (χ1v) is 5.01. The van der Waals surface area contributed by atoms with Crippen molar-refractivity contribution in [2.45, 2.75) is 0 Å². The SMILES string of the molecule is CNc1ccc(C(=O)Nc2ccn(C)n2)nn1. The molecule has 2 aromatic rings. The van der Waals surface area contributed by atoms with Crippen molar-refractivity contribution in [3.8, 4) is 0 Å². The summed E-state index contributed by atoms with van der Waals surface area (Å²) in [4.78, 5) is 11.7. The zero-order valence-corrected chi connectivity index (χ0v) is 9.51. The highest BCUT2D eigenvalue weighted by atomic mass is 16.2. The second-order valence-corrected chi connectivity index (χ2v) is 3.38. The van der Waals surface area contributed by atoms with Gasteiger partial charge < -0.3 is 10.6 Å². The Morgan fingerprint density at radius 1 is 1.24 bits per heavy atom. The van der Waals surface area contributed by atoms with Crippen LogP contribution in [0.15, 0.2) is 24.4 Å². The first-order chi connectivity index (χ1) is 8.19. The maximum Gasteiger partial charge on any atom is 0.277 e. The van der Waals surface area contributed by atoms with Crippen molar-refractivity contribution < 1.29 is 4.79 Å². The molecule has 0 aliphatic heterocycles. The van der Waals surface area contributed by atoms with Crippen molar-refractivity contribution in [1.29, 1.82) is 0 Å². The number of nitrogens with zero attached hydrogens (tertiary/aromatic N) is 4. The molecule has 7 nitrogen and oxygen atoms in total. The molecule has 2 rings (SSSR count). The van der Waals surface area contributed by atoms with Gasteiger partial charge in [0.2, 0.25) is 0 Å². The van der Waals surface area contributed by atoms with Crippen molar-refractivity contribution in [1.82, 2.24) is 20.0 Å². The zero-order valence-electron chi connectivity index (χ0n) is 9.51. The van der Waals surface area contributed by atoms with E-state index in [9.17, 15) is 4.79 Å². The smallest absolute Gasteiger partial charge is 0.277 e. The fourth-order valence-electron chi connectivity index (χ4n) is 1.25. The highest BCUT2D eigenvalue weighted by molar-refractivity contribution is 6.02. The van der Waals surface area contributed by atoms with Crippen LogP contribution in [-0.4, -0.2) is 32.9 Å². The number of carbonyl (C=O) groups excluding carboxylic acids is 1. The predicted octanol–water partition coefficient (Wildman–Crippen LogP) is 0.504. The number of amides is 1. The molecule has 0 saturated carbocycles. The molecule has 1 amide bonds. The summed E-state index contributed by atoms with van der Waals surface area (Å²) in [5, 5.41) is 17.1. The fraction of sp³-hybridized carbons (Fsp3) is 0.200. The van der Waals surface area contributed by atoms with Gasteiger partial charge in [-0.3, -0.25) is 9.48 Å². The molecule has 2 aromatic heterocycles. The minimum Gasteiger partial charge on any atom is -0.372 e. The van der Waals surface area contributed by atoms with Crippen LogP contribution in [-0.2, 0) is 7.05 Å². The second-order valence-electron chi connectivity index (χ2n) is 3.38. The highest BCUT2D eigenvalue weighted by Gasteiger charge is 2.09. The van der Waals surface area contributed by atoms with Crippen LogP contribution < -0.4 is 10.6 Å². The van der Waals surface area contributed by atoms with E-state index in [1.807, 2.05) is 0 Å². The highest BCUT2D eigenvalue weighted by Crippen LogP contribution is 2.05. The molecule has 88 valence electrons. The zero-order chi connectivity index (χ0) is 12.3. The van der Waals surface area contributed by atoms with Crippen LogP contribution in [0.1, 0.15) is 10.5 Å². The van der Waals surface area contributed by atoms with Gasteiger partial charge in [0.05, 0.1) is 0 Å². The van der Waals surface area contributed by atoms with Crippen molar-refractivity contribution in [2.75, 3.05) is 17.7 Å². The minimum absolute atomic E-state index is 0.245. The first kappa shape index (κ1) is 11.1. The quantitative estimate of drug-likeness (QED) is 0.805. The third kappa shape index (κ3) is 2.57. The lowest BCUT2D eigenvalue weighted by Crippen LogP contribution is -2.15. The Balaban J connectivity index is 2.09. The van der Waals surface area contributed by atoms with E-state index in [4.69, 9.17) is 0 Å². The molecule has 0 aromatic carbocycles. The van der Waals surface area contributed by atoms with Gasteiger partial charge in [0.1, 0.15) is 5.82 Å². The summed E-state index contributed by atoms with van der Waals surface area (Å²) in [6, 6.07) is 4.98. The molecule has 0 aliphatic carbocycles. The number of rotatable bonds is 3. The molecule has 0 saturated heterocycles. The molecular formula is C10H12N6O. The Morgan fingerprint density at radius 3 is 2.59 bits per heavy atom. The predicted molar refractivity (Wildman–Crippen MR) is 62.7 cm³/mol. The van der Waals surface area contributed by atoms with E-state index >= 15 is 0 Å². The molecule has 17 heavy (non-hydrogen) atoms. The lowest BCUT2D eigenvalue weighted by Gasteiger charge is -2.01. The second kappa shape index (κ2) is 4.60. The van der Waals surface area contributed by atoms with Gasteiger partial charge >= 0.3 is 0 Å². The van der Waals surface area contributed by atoms with E-state index in [0.717, 1.165) is 0 Å². The van der Waals surface area contributed by atoms with Crippen LogP contribution >= 0.6 is 0 Å². The van der Waals surface area contributed by atoms with Crippen LogP contribution in [0.5, 0.6) is 0 Å². The van der Waals surface area contributed by atoms with E-state index in [0.29, 0.717) is 11.6 Å². The van der Waals surface area contributed by atoms with Crippen LogP contribution in [0.25, 0.3) is 0 Å². The summed E-state index contributed by atoms with van der Waals surface area (Å²) in [7, 11) is 3.51. The summed E-state index contributed by atoms with van der Waals surface area (Å²) >= 11 is 0. The Labute approximate surface area is 97.9 Å². The van der Waals surface area contributed by atoms with E-state index in [-0.39, 0.29) is 11.6 Å². The molecule has 2 heterocycles. The Bertz CT molecular complexity index is 518. The summed E-state index contributed by atoms with van der Waals surface area (Å²) in [5.74, 6) is 0.759. The van der Waals surface area contributed by atoms with Crippen LogP contribution in [0, 0.1) is 0 Å². The van der Waals surface area contributed by atoms with Crippen molar-refractivity contribution in [3.05, 3.63) is 30.1 Å². The maximum atomic E-state index is 11.7. The first-order valence-electron chi connectivity index (χ1n) is 5.01. The van der Waals surface area contributed by atoms with Gasteiger partial charge in [-0.2, -0.15) is 5.10 Å². The Morgan fingerprint density at radius 2 is 2.06 bits per heavy atom. The van der Waals surface area contributed by atoms with Crippen molar-refractivity contribution >= 4 is 17.5 Å². The van der Waals surface area contributed by atoms with Gasteiger partial charge in [-0.25, -0.2) is 0 Å². The van der Waals surface area contributed by atoms with Gasteiger partial charge in [-0.05, 0) is 12.1 Å². The molecule has 0 radical (unpaired) electrons. The lowest BCUT2D eigenvalue weighted by molar-refractivity contribution is 0.102. The molecular weight excluding hydrogens is 220 g/mol. The fourth-order valence-corrected chi connectivity index (χ4v) is 1.25. The summed E-state index contributed by atoms with van der Waals surface area (Å²) in [6.45, 7) is 0. The third-order valence-electron chi connectivity index (χ3n) is 2.11. The standard InChI is InChI=1S/C10H12N6O/c1-11-8-4-3-7(13-14-8)10(17)12-9-5-6-16(2)15-9/h3-6H,1-2H3,(H,11,14)(H,12,15,17). The number of hydrogen-bond donors (Lipinski definition) is 2. The summed E-state index contributed by atoms with van der Waals surface area (Å²) < 4.78 is 1.60. The molecule has 0 spiro atoms. The molecule has 0 atom stereocenters. The van der Waals surface area contributed by atoms with E-state index < -0.39 is 0 Å². The summed E-state index contributed by atoms with van der Waals surface area (Å²) in [5.41, 5.74) is 0.245. The molecule has 0 aliphatic rings. The van der Waals surface area contributed by atoms with E-state index in [2.05, 4.69) is 25.9 Å². The number of aryl methyl sites for hydroxylation is 1. The third-order valence-corrected chi connectivity index (χ3v) is 2.11. The molecule has 0 unspecified atom stereocenters. The minimum atomic E-state index is -0.334. The average molecular weight is 232 g/mol. The lowest BCUT2D eigenvalue weighted by atomic mass is 10.3. The van der Waals surface area contributed by atoms with Gasteiger partial charge in [-0.15, -0.1) is 10.2 Å². The number of carbonyl (C=O) groups is 1. The van der Waals surface area contributed by atoms with Crippen molar-refractivity contribution in [3.63, 3.8) is 0 Å². The van der Waals surface area contributed by atoms with Gasteiger partial charge in [0.25, 0.3) is 5.91 Å². The van der Waals surface area contributed by atoms with Gasteiger partial charge in [0, 0.05) is 26.4 Å².